The van der Waals surface area contributed by atoms with Crippen LogP contribution in [0.15, 0.2) is 0 Å². The number of ether oxygens (including phenoxy) is 1. The standard InChI is InChI=1S/C18H35NO/c1-3-14-19-17(15-10-8-9-11-15)18(20-4-2)16-12-6-5-7-13-16/h15-19H,3-14H2,1-2H3. The third kappa shape index (κ3) is 4.46. The van der Waals surface area contributed by atoms with Crippen molar-refractivity contribution in [2.24, 2.45) is 11.8 Å². The Bertz CT molecular complexity index is 244. The lowest BCUT2D eigenvalue weighted by Crippen LogP contribution is -2.50. The summed E-state index contributed by atoms with van der Waals surface area (Å²) < 4.78 is 6.29. The largest absolute Gasteiger partial charge is 0.377 e. The van der Waals surface area contributed by atoms with Crippen LogP contribution >= 0.6 is 0 Å². The van der Waals surface area contributed by atoms with E-state index in [1.54, 1.807) is 0 Å². The van der Waals surface area contributed by atoms with Crippen molar-refractivity contribution >= 4 is 0 Å². The summed E-state index contributed by atoms with van der Waals surface area (Å²) in [4.78, 5) is 0. The van der Waals surface area contributed by atoms with E-state index in [4.69, 9.17) is 4.74 Å². The Morgan fingerprint density at radius 3 is 2.10 bits per heavy atom. The number of rotatable bonds is 8. The summed E-state index contributed by atoms with van der Waals surface area (Å²) in [5.74, 6) is 1.67. The van der Waals surface area contributed by atoms with Crippen molar-refractivity contribution in [2.75, 3.05) is 13.2 Å². The molecule has 0 aliphatic heterocycles. The first-order valence-electron chi connectivity index (χ1n) is 9.21. The molecule has 0 saturated heterocycles. The molecule has 2 saturated carbocycles. The summed E-state index contributed by atoms with van der Waals surface area (Å²) >= 11 is 0. The summed E-state index contributed by atoms with van der Waals surface area (Å²) in [6.07, 6.45) is 14.4. The zero-order valence-electron chi connectivity index (χ0n) is 13.7. The number of hydrogen-bond acceptors (Lipinski definition) is 2. The van der Waals surface area contributed by atoms with Gasteiger partial charge in [-0.05, 0) is 57.4 Å². The van der Waals surface area contributed by atoms with Gasteiger partial charge in [0.05, 0.1) is 6.10 Å². The highest BCUT2D eigenvalue weighted by Gasteiger charge is 2.36. The lowest BCUT2D eigenvalue weighted by atomic mass is 9.78. The summed E-state index contributed by atoms with van der Waals surface area (Å²) in [7, 11) is 0. The van der Waals surface area contributed by atoms with Crippen LogP contribution in [0.3, 0.4) is 0 Å². The second-order valence-electron chi connectivity index (χ2n) is 6.84. The molecule has 0 spiro atoms. The molecule has 2 nitrogen and oxygen atoms in total. The Morgan fingerprint density at radius 2 is 1.50 bits per heavy atom. The van der Waals surface area contributed by atoms with Crippen LogP contribution in [0.4, 0.5) is 0 Å². The highest BCUT2D eigenvalue weighted by molar-refractivity contribution is 4.91. The van der Waals surface area contributed by atoms with Gasteiger partial charge in [-0.15, -0.1) is 0 Å². The fourth-order valence-corrected chi connectivity index (χ4v) is 4.37. The third-order valence-corrected chi connectivity index (χ3v) is 5.37. The van der Waals surface area contributed by atoms with Gasteiger partial charge in [-0.1, -0.05) is 39.0 Å². The first-order chi connectivity index (χ1) is 9.86. The van der Waals surface area contributed by atoms with E-state index in [0.29, 0.717) is 12.1 Å². The highest BCUT2D eigenvalue weighted by Crippen LogP contribution is 2.36. The van der Waals surface area contributed by atoms with E-state index in [1.807, 2.05) is 0 Å². The van der Waals surface area contributed by atoms with Crippen molar-refractivity contribution in [1.29, 1.82) is 0 Å². The Kier molecular flexibility index (Phi) is 7.37. The maximum absolute atomic E-state index is 6.29. The van der Waals surface area contributed by atoms with Gasteiger partial charge in [0.15, 0.2) is 0 Å². The lowest BCUT2D eigenvalue weighted by Gasteiger charge is -2.39. The quantitative estimate of drug-likeness (QED) is 0.706. The molecule has 20 heavy (non-hydrogen) atoms. The van der Waals surface area contributed by atoms with E-state index in [9.17, 15) is 0 Å². The molecule has 0 radical (unpaired) electrons. The predicted octanol–water partition coefficient (Wildman–Crippen LogP) is 4.53. The van der Waals surface area contributed by atoms with Crippen LogP contribution in [0.2, 0.25) is 0 Å². The van der Waals surface area contributed by atoms with Crippen LogP contribution in [-0.4, -0.2) is 25.3 Å². The minimum absolute atomic E-state index is 0.468. The zero-order valence-corrected chi connectivity index (χ0v) is 13.7. The molecule has 2 atom stereocenters. The molecule has 2 heteroatoms. The van der Waals surface area contributed by atoms with Gasteiger partial charge in [0.1, 0.15) is 0 Å². The summed E-state index contributed by atoms with van der Waals surface area (Å²) in [6.45, 7) is 6.46. The molecular formula is C18H35NO. The molecule has 2 fully saturated rings. The fraction of sp³-hybridized carbons (Fsp3) is 1.00. The summed E-state index contributed by atoms with van der Waals surface area (Å²) in [5, 5.41) is 3.87. The van der Waals surface area contributed by atoms with Crippen molar-refractivity contribution in [3.8, 4) is 0 Å². The fourth-order valence-electron chi connectivity index (χ4n) is 4.37. The van der Waals surface area contributed by atoms with Crippen LogP contribution in [0.25, 0.3) is 0 Å². The summed E-state index contributed by atoms with van der Waals surface area (Å²) in [5.41, 5.74) is 0. The number of hydrogen-bond donors (Lipinski definition) is 1. The smallest absolute Gasteiger partial charge is 0.0758 e. The molecule has 1 N–H and O–H groups in total. The zero-order chi connectivity index (χ0) is 14.2. The molecule has 0 aromatic heterocycles. The molecule has 2 rings (SSSR count). The van der Waals surface area contributed by atoms with Gasteiger partial charge in [-0.25, -0.2) is 0 Å². The van der Waals surface area contributed by atoms with Gasteiger partial charge >= 0.3 is 0 Å². The second kappa shape index (κ2) is 9.04. The van der Waals surface area contributed by atoms with E-state index < -0.39 is 0 Å². The lowest BCUT2D eigenvalue weighted by molar-refractivity contribution is -0.0307. The summed E-state index contributed by atoms with van der Waals surface area (Å²) in [6, 6.07) is 0.612. The van der Waals surface area contributed by atoms with Gasteiger partial charge in [0.25, 0.3) is 0 Å². The minimum Gasteiger partial charge on any atom is -0.377 e. The average molecular weight is 281 g/mol. The van der Waals surface area contributed by atoms with Crippen LogP contribution in [0.5, 0.6) is 0 Å². The Morgan fingerprint density at radius 1 is 0.900 bits per heavy atom. The molecule has 0 bridgehead atoms. The molecule has 0 aromatic carbocycles. The molecule has 0 heterocycles. The normalized spacial score (nSPS) is 24.9. The second-order valence-corrected chi connectivity index (χ2v) is 6.84. The van der Waals surface area contributed by atoms with Crippen LogP contribution in [-0.2, 0) is 4.74 Å². The number of nitrogens with one attached hydrogen (secondary N) is 1. The predicted molar refractivity (Wildman–Crippen MR) is 86.0 cm³/mol. The van der Waals surface area contributed by atoms with Crippen molar-refractivity contribution in [2.45, 2.75) is 90.2 Å². The van der Waals surface area contributed by atoms with Gasteiger partial charge in [-0.2, -0.15) is 0 Å². The first kappa shape index (κ1) is 16.3. The van der Waals surface area contributed by atoms with Crippen LogP contribution < -0.4 is 5.32 Å². The van der Waals surface area contributed by atoms with E-state index in [1.165, 1.54) is 64.2 Å². The van der Waals surface area contributed by atoms with Gasteiger partial charge in [0, 0.05) is 12.6 Å². The highest BCUT2D eigenvalue weighted by atomic mass is 16.5. The SMILES string of the molecule is CCCNC(C1CCCC1)C(OCC)C1CCCCC1. The van der Waals surface area contributed by atoms with Crippen LogP contribution in [0.1, 0.15) is 78.1 Å². The minimum atomic E-state index is 0.468. The van der Waals surface area contributed by atoms with E-state index in [2.05, 4.69) is 19.2 Å². The molecule has 2 aliphatic rings. The molecule has 2 aliphatic carbocycles. The maximum Gasteiger partial charge on any atom is 0.0758 e. The van der Waals surface area contributed by atoms with Crippen LogP contribution in [0, 0.1) is 11.8 Å². The van der Waals surface area contributed by atoms with E-state index in [0.717, 1.165) is 25.0 Å². The average Bonchev–Trinajstić information content (AvgIpc) is 3.01. The van der Waals surface area contributed by atoms with Crippen molar-refractivity contribution in [3.63, 3.8) is 0 Å². The van der Waals surface area contributed by atoms with E-state index in [-0.39, 0.29) is 0 Å². The van der Waals surface area contributed by atoms with Gasteiger partial charge in [-0.3, -0.25) is 0 Å². The molecular weight excluding hydrogens is 246 g/mol. The topological polar surface area (TPSA) is 21.3 Å². The van der Waals surface area contributed by atoms with Crippen molar-refractivity contribution < 1.29 is 4.74 Å². The maximum atomic E-state index is 6.29. The monoisotopic (exact) mass is 281 g/mol. The molecule has 118 valence electrons. The van der Waals surface area contributed by atoms with Gasteiger partial charge < -0.3 is 10.1 Å². The van der Waals surface area contributed by atoms with Crippen molar-refractivity contribution in [1.82, 2.24) is 5.32 Å². The Balaban J connectivity index is 2.02. The van der Waals surface area contributed by atoms with E-state index >= 15 is 0 Å². The third-order valence-electron chi connectivity index (χ3n) is 5.37. The molecule has 0 amide bonds. The Hall–Kier alpha value is -0.0800. The van der Waals surface area contributed by atoms with Gasteiger partial charge in [0.2, 0.25) is 0 Å². The molecule has 0 aromatic rings. The van der Waals surface area contributed by atoms with Crippen molar-refractivity contribution in [3.05, 3.63) is 0 Å². The Labute approximate surface area is 126 Å². The molecule has 2 unspecified atom stereocenters. The first-order valence-corrected chi connectivity index (χ1v) is 9.21.